The van der Waals surface area contributed by atoms with Gasteiger partial charge in [-0.1, -0.05) is 37.3 Å². The highest BCUT2D eigenvalue weighted by molar-refractivity contribution is 7.12. The van der Waals surface area contributed by atoms with Gasteiger partial charge in [0.1, 0.15) is 11.1 Å². The van der Waals surface area contributed by atoms with Crippen LogP contribution < -0.4 is 5.73 Å². The Morgan fingerprint density at radius 2 is 2.19 bits per heavy atom. The Balaban J connectivity index is 1.89. The molecule has 2 heterocycles. The molecule has 1 atom stereocenters. The molecular weight excluding hydrogens is 282 g/mol. The van der Waals surface area contributed by atoms with E-state index in [1.807, 2.05) is 18.2 Å². The zero-order valence-electron chi connectivity index (χ0n) is 12.3. The lowest BCUT2D eigenvalue weighted by Gasteiger charge is -2.30. The van der Waals surface area contributed by atoms with Gasteiger partial charge in [0.15, 0.2) is 0 Å². The predicted molar refractivity (Wildman–Crippen MR) is 86.2 cm³/mol. The van der Waals surface area contributed by atoms with Gasteiger partial charge in [0, 0.05) is 30.1 Å². The number of morpholine rings is 1. The van der Waals surface area contributed by atoms with Crippen LogP contribution in [0.4, 0.5) is 0 Å². The number of aromatic nitrogens is 1. The fourth-order valence-corrected chi connectivity index (χ4v) is 3.61. The van der Waals surface area contributed by atoms with Crippen LogP contribution in [-0.2, 0) is 11.3 Å². The van der Waals surface area contributed by atoms with Crippen molar-refractivity contribution in [3.8, 4) is 11.3 Å². The summed E-state index contributed by atoms with van der Waals surface area (Å²) < 4.78 is 5.91. The molecule has 0 radical (unpaired) electrons. The molecule has 1 unspecified atom stereocenters. The first-order valence-corrected chi connectivity index (χ1v) is 8.22. The fraction of sp³-hybridized carbons (Fsp3) is 0.438. The molecule has 3 rings (SSSR count). The van der Waals surface area contributed by atoms with Gasteiger partial charge in [0.2, 0.25) is 0 Å². The lowest BCUT2D eigenvalue weighted by atomic mass is 10.1. The van der Waals surface area contributed by atoms with E-state index < -0.39 is 0 Å². The summed E-state index contributed by atoms with van der Waals surface area (Å²) >= 11 is 1.69. The molecule has 1 aromatic heterocycles. The number of nitrogens with two attached hydrogens (primary N) is 1. The van der Waals surface area contributed by atoms with Crippen molar-refractivity contribution >= 4 is 11.3 Å². The second kappa shape index (κ2) is 6.66. The van der Waals surface area contributed by atoms with Crippen molar-refractivity contribution in [1.82, 2.24) is 9.88 Å². The molecule has 0 aliphatic carbocycles. The number of nitrogens with zero attached hydrogens (tertiary/aromatic N) is 2. The highest BCUT2D eigenvalue weighted by Gasteiger charge is 2.25. The fourth-order valence-electron chi connectivity index (χ4n) is 2.61. The maximum absolute atomic E-state index is 5.91. The molecule has 1 saturated heterocycles. The number of benzene rings is 1. The molecule has 1 fully saturated rings. The predicted octanol–water partition coefficient (Wildman–Crippen LogP) is 2.66. The van der Waals surface area contributed by atoms with Crippen molar-refractivity contribution < 1.29 is 4.74 Å². The van der Waals surface area contributed by atoms with E-state index in [0.717, 1.165) is 47.4 Å². The molecular formula is C16H21N3OS. The standard InChI is InChI=1S/C16H21N3OS/c1-2-19-8-9-20-13(11-19)16-18-15(14(10-17)21-16)12-6-4-3-5-7-12/h3-7,13H,2,8-11,17H2,1H3. The van der Waals surface area contributed by atoms with Crippen LogP contribution in [0.5, 0.6) is 0 Å². The Labute approximate surface area is 129 Å². The van der Waals surface area contributed by atoms with E-state index >= 15 is 0 Å². The second-order valence-corrected chi connectivity index (χ2v) is 6.26. The molecule has 0 bridgehead atoms. The van der Waals surface area contributed by atoms with Crippen LogP contribution in [0.1, 0.15) is 22.9 Å². The molecule has 1 aliphatic rings. The van der Waals surface area contributed by atoms with E-state index in [1.165, 1.54) is 0 Å². The van der Waals surface area contributed by atoms with Crippen LogP contribution in [0.25, 0.3) is 11.3 Å². The third-order valence-corrected chi connectivity index (χ3v) is 4.99. The molecule has 1 aromatic carbocycles. The van der Waals surface area contributed by atoms with Gasteiger partial charge in [-0.3, -0.25) is 4.90 Å². The van der Waals surface area contributed by atoms with Crippen molar-refractivity contribution in [2.24, 2.45) is 5.73 Å². The van der Waals surface area contributed by atoms with Gasteiger partial charge in [0.05, 0.1) is 12.3 Å². The molecule has 21 heavy (non-hydrogen) atoms. The monoisotopic (exact) mass is 303 g/mol. The summed E-state index contributed by atoms with van der Waals surface area (Å²) in [5.74, 6) is 0. The molecule has 4 nitrogen and oxygen atoms in total. The summed E-state index contributed by atoms with van der Waals surface area (Å²) in [5.41, 5.74) is 8.04. The zero-order valence-corrected chi connectivity index (χ0v) is 13.1. The maximum Gasteiger partial charge on any atom is 0.124 e. The Bertz CT molecular complexity index is 584. The van der Waals surface area contributed by atoms with Crippen molar-refractivity contribution in [1.29, 1.82) is 0 Å². The number of ether oxygens (including phenoxy) is 1. The largest absolute Gasteiger partial charge is 0.368 e. The van der Waals surface area contributed by atoms with E-state index in [4.69, 9.17) is 15.5 Å². The van der Waals surface area contributed by atoms with Gasteiger partial charge < -0.3 is 10.5 Å². The summed E-state index contributed by atoms with van der Waals surface area (Å²) in [6.07, 6.45) is 0.0754. The molecule has 1 aliphatic heterocycles. The van der Waals surface area contributed by atoms with E-state index in [1.54, 1.807) is 11.3 Å². The first kappa shape index (κ1) is 14.7. The average Bonchev–Trinajstić information content (AvgIpc) is 3.00. The normalized spacial score (nSPS) is 19.8. The minimum Gasteiger partial charge on any atom is -0.368 e. The summed E-state index contributed by atoms with van der Waals surface area (Å²) in [6, 6.07) is 10.2. The summed E-state index contributed by atoms with van der Waals surface area (Å²) in [5, 5.41) is 1.05. The molecule has 112 valence electrons. The Kier molecular flexibility index (Phi) is 4.65. The van der Waals surface area contributed by atoms with Crippen LogP contribution in [0.15, 0.2) is 30.3 Å². The lowest BCUT2D eigenvalue weighted by Crippen LogP contribution is -2.37. The van der Waals surface area contributed by atoms with Crippen LogP contribution in [0.2, 0.25) is 0 Å². The highest BCUT2D eigenvalue weighted by atomic mass is 32.1. The number of hydrogen-bond acceptors (Lipinski definition) is 5. The van der Waals surface area contributed by atoms with Gasteiger partial charge in [-0.2, -0.15) is 0 Å². The van der Waals surface area contributed by atoms with Crippen molar-refractivity contribution in [3.63, 3.8) is 0 Å². The van der Waals surface area contributed by atoms with Crippen molar-refractivity contribution in [3.05, 3.63) is 40.2 Å². The van der Waals surface area contributed by atoms with Crippen LogP contribution in [0.3, 0.4) is 0 Å². The number of thiazole rings is 1. The summed E-state index contributed by atoms with van der Waals surface area (Å²) in [6.45, 7) is 6.46. The molecule has 5 heteroatoms. The van der Waals surface area contributed by atoms with E-state index in [2.05, 4.69) is 24.0 Å². The first-order chi connectivity index (χ1) is 10.3. The third kappa shape index (κ3) is 3.16. The van der Waals surface area contributed by atoms with Crippen molar-refractivity contribution in [2.45, 2.75) is 19.6 Å². The number of hydrogen-bond donors (Lipinski definition) is 1. The third-order valence-electron chi connectivity index (χ3n) is 3.82. The van der Waals surface area contributed by atoms with Gasteiger partial charge in [0.25, 0.3) is 0 Å². The van der Waals surface area contributed by atoms with E-state index in [9.17, 15) is 0 Å². The molecule has 0 amide bonds. The first-order valence-electron chi connectivity index (χ1n) is 7.41. The Morgan fingerprint density at radius 3 is 2.90 bits per heavy atom. The average molecular weight is 303 g/mol. The summed E-state index contributed by atoms with van der Waals surface area (Å²) in [7, 11) is 0. The SMILES string of the molecule is CCN1CCOC(c2nc(-c3ccccc3)c(CN)s2)C1. The minimum absolute atomic E-state index is 0.0754. The smallest absolute Gasteiger partial charge is 0.124 e. The van der Waals surface area contributed by atoms with E-state index in [0.29, 0.717) is 6.54 Å². The van der Waals surface area contributed by atoms with E-state index in [-0.39, 0.29) is 6.10 Å². The second-order valence-electron chi connectivity index (χ2n) is 5.15. The minimum atomic E-state index is 0.0754. The van der Waals surface area contributed by atoms with Gasteiger partial charge in [-0.15, -0.1) is 11.3 Å². The Morgan fingerprint density at radius 1 is 1.38 bits per heavy atom. The molecule has 0 saturated carbocycles. The Hall–Kier alpha value is -1.27. The van der Waals surface area contributed by atoms with Crippen LogP contribution >= 0.6 is 11.3 Å². The lowest BCUT2D eigenvalue weighted by molar-refractivity contribution is -0.0282. The van der Waals surface area contributed by atoms with Crippen LogP contribution in [-0.4, -0.2) is 36.1 Å². The van der Waals surface area contributed by atoms with Crippen molar-refractivity contribution in [2.75, 3.05) is 26.2 Å². The maximum atomic E-state index is 5.91. The highest BCUT2D eigenvalue weighted by Crippen LogP contribution is 2.33. The summed E-state index contributed by atoms with van der Waals surface area (Å²) in [4.78, 5) is 8.37. The van der Waals surface area contributed by atoms with Crippen LogP contribution in [0, 0.1) is 0 Å². The molecule has 2 aromatic rings. The zero-order chi connectivity index (χ0) is 14.7. The van der Waals surface area contributed by atoms with Gasteiger partial charge in [-0.05, 0) is 6.54 Å². The van der Waals surface area contributed by atoms with Gasteiger partial charge in [-0.25, -0.2) is 4.98 Å². The molecule has 2 N–H and O–H groups in total. The topological polar surface area (TPSA) is 51.4 Å². The quantitative estimate of drug-likeness (QED) is 0.943. The molecule has 0 spiro atoms. The van der Waals surface area contributed by atoms with Gasteiger partial charge >= 0.3 is 0 Å². The number of rotatable bonds is 4. The number of likely N-dealkylation sites (N-methyl/N-ethyl adjacent to an activating group) is 1.